The van der Waals surface area contributed by atoms with Gasteiger partial charge in [-0.2, -0.15) is 0 Å². The molecule has 0 bridgehead atoms. The van der Waals surface area contributed by atoms with Crippen LogP contribution in [0.25, 0.3) is 0 Å². The number of fused-ring (bicyclic) bond motifs is 1. The maximum atomic E-state index is 6.10. The molecule has 1 fully saturated rings. The van der Waals surface area contributed by atoms with E-state index in [9.17, 15) is 0 Å². The lowest BCUT2D eigenvalue weighted by Crippen LogP contribution is -2.42. The quantitative estimate of drug-likeness (QED) is 0.839. The Kier molecular flexibility index (Phi) is 4.49. The van der Waals surface area contributed by atoms with Gasteiger partial charge >= 0.3 is 0 Å². The van der Waals surface area contributed by atoms with Crippen molar-refractivity contribution in [2.24, 2.45) is 0 Å². The molecular formula is C20H27N3O3. The van der Waals surface area contributed by atoms with E-state index in [2.05, 4.69) is 54.1 Å². The van der Waals surface area contributed by atoms with Crippen molar-refractivity contribution in [3.63, 3.8) is 0 Å². The number of morpholine rings is 1. The van der Waals surface area contributed by atoms with Crippen LogP contribution in [0, 0.1) is 6.92 Å². The SMILES string of the molecule is Cc1nnc([C@H]2CN(Cc3ccc4c(c3)CCC(C)(C)O4)C[C@@H](C)O2)o1. The summed E-state index contributed by atoms with van der Waals surface area (Å²) in [7, 11) is 0. The van der Waals surface area contributed by atoms with Crippen molar-refractivity contribution in [3.05, 3.63) is 41.1 Å². The Bertz CT molecular complexity index is 786. The van der Waals surface area contributed by atoms with Crippen molar-refractivity contribution in [1.82, 2.24) is 15.1 Å². The van der Waals surface area contributed by atoms with Gasteiger partial charge in [-0.05, 0) is 50.8 Å². The Hall–Kier alpha value is -1.92. The summed E-state index contributed by atoms with van der Waals surface area (Å²) >= 11 is 0. The van der Waals surface area contributed by atoms with Crippen LogP contribution in [0.3, 0.4) is 0 Å². The van der Waals surface area contributed by atoms with Gasteiger partial charge < -0.3 is 13.9 Å². The minimum Gasteiger partial charge on any atom is -0.488 e. The maximum absolute atomic E-state index is 6.10. The van der Waals surface area contributed by atoms with E-state index in [1.54, 1.807) is 6.92 Å². The summed E-state index contributed by atoms with van der Waals surface area (Å²) in [6.45, 7) is 10.7. The molecule has 6 nitrogen and oxygen atoms in total. The Labute approximate surface area is 154 Å². The Balaban J connectivity index is 1.46. The van der Waals surface area contributed by atoms with Crippen LogP contribution in [-0.4, -0.2) is 39.9 Å². The Morgan fingerprint density at radius 2 is 2.08 bits per heavy atom. The van der Waals surface area contributed by atoms with Crippen LogP contribution in [0.1, 0.15) is 56.2 Å². The molecular weight excluding hydrogens is 330 g/mol. The molecule has 0 amide bonds. The molecule has 0 N–H and O–H groups in total. The highest BCUT2D eigenvalue weighted by molar-refractivity contribution is 5.39. The first kappa shape index (κ1) is 17.5. The van der Waals surface area contributed by atoms with Crippen molar-refractivity contribution in [1.29, 1.82) is 0 Å². The third-order valence-corrected chi connectivity index (χ3v) is 5.07. The summed E-state index contributed by atoms with van der Waals surface area (Å²) in [5.74, 6) is 2.17. The molecule has 4 rings (SSSR count). The topological polar surface area (TPSA) is 60.6 Å². The van der Waals surface area contributed by atoms with E-state index < -0.39 is 0 Å². The van der Waals surface area contributed by atoms with Crippen LogP contribution >= 0.6 is 0 Å². The molecule has 0 aliphatic carbocycles. The Morgan fingerprint density at radius 1 is 1.23 bits per heavy atom. The molecule has 2 aromatic rings. The zero-order valence-corrected chi connectivity index (χ0v) is 16.0. The van der Waals surface area contributed by atoms with Crippen LogP contribution in [0.15, 0.2) is 22.6 Å². The van der Waals surface area contributed by atoms with Crippen LogP contribution in [0.5, 0.6) is 5.75 Å². The molecule has 0 saturated carbocycles. The van der Waals surface area contributed by atoms with E-state index in [1.807, 2.05) is 0 Å². The maximum Gasteiger partial charge on any atom is 0.246 e. The second-order valence-electron chi connectivity index (χ2n) is 8.09. The number of hydrogen-bond acceptors (Lipinski definition) is 6. The number of nitrogens with zero attached hydrogens (tertiary/aromatic N) is 3. The minimum absolute atomic E-state index is 0.0659. The number of aromatic nitrogens is 2. The summed E-state index contributed by atoms with van der Waals surface area (Å²) in [5.41, 5.74) is 2.55. The molecule has 3 heterocycles. The van der Waals surface area contributed by atoms with Gasteiger partial charge in [0.1, 0.15) is 17.5 Å². The van der Waals surface area contributed by atoms with Gasteiger partial charge in [-0.3, -0.25) is 4.90 Å². The van der Waals surface area contributed by atoms with Gasteiger partial charge in [-0.15, -0.1) is 10.2 Å². The highest BCUT2D eigenvalue weighted by Gasteiger charge is 2.31. The van der Waals surface area contributed by atoms with Gasteiger partial charge in [-0.1, -0.05) is 12.1 Å². The fourth-order valence-corrected chi connectivity index (χ4v) is 3.82. The smallest absolute Gasteiger partial charge is 0.246 e. The summed E-state index contributed by atoms with van der Waals surface area (Å²) < 4.78 is 17.7. The lowest BCUT2D eigenvalue weighted by atomic mass is 9.93. The lowest BCUT2D eigenvalue weighted by molar-refractivity contribution is -0.0917. The van der Waals surface area contributed by atoms with E-state index in [4.69, 9.17) is 13.9 Å². The molecule has 1 saturated heterocycles. The number of rotatable bonds is 3. The fourth-order valence-electron chi connectivity index (χ4n) is 3.82. The van der Waals surface area contributed by atoms with E-state index in [0.29, 0.717) is 11.8 Å². The fraction of sp³-hybridized carbons (Fsp3) is 0.600. The molecule has 6 heteroatoms. The highest BCUT2D eigenvalue weighted by Crippen LogP contribution is 2.34. The zero-order valence-electron chi connectivity index (χ0n) is 16.0. The first-order chi connectivity index (χ1) is 12.4. The summed E-state index contributed by atoms with van der Waals surface area (Å²) in [6, 6.07) is 6.58. The molecule has 2 atom stereocenters. The number of hydrogen-bond donors (Lipinski definition) is 0. The van der Waals surface area contributed by atoms with Gasteiger partial charge in [0, 0.05) is 26.6 Å². The van der Waals surface area contributed by atoms with Crippen molar-refractivity contribution >= 4 is 0 Å². The average Bonchev–Trinajstić information content (AvgIpc) is 3.00. The molecule has 0 spiro atoms. The predicted octanol–water partition coefficient (Wildman–Crippen LogP) is 3.44. The van der Waals surface area contributed by atoms with E-state index >= 15 is 0 Å². The largest absolute Gasteiger partial charge is 0.488 e. The Morgan fingerprint density at radius 3 is 2.85 bits per heavy atom. The third-order valence-electron chi connectivity index (χ3n) is 5.07. The second kappa shape index (κ2) is 6.67. The van der Waals surface area contributed by atoms with Crippen molar-refractivity contribution < 1.29 is 13.9 Å². The van der Waals surface area contributed by atoms with Crippen molar-refractivity contribution in [3.8, 4) is 5.75 Å². The molecule has 1 aromatic heterocycles. The number of ether oxygens (including phenoxy) is 2. The molecule has 0 radical (unpaired) electrons. The highest BCUT2D eigenvalue weighted by atomic mass is 16.5. The van der Waals surface area contributed by atoms with E-state index in [0.717, 1.165) is 38.2 Å². The van der Waals surface area contributed by atoms with Crippen LogP contribution < -0.4 is 4.74 Å². The lowest BCUT2D eigenvalue weighted by Gasteiger charge is -2.36. The zero-order chi connectivity index (χ0) is 18.3. The third kappa shape index (κ3) is 3.76. The van der Waals surface area contributed by atoms with Gasteiger partial charge in [0.05, 0.1) is 6.10 Å². The molecule has 2 aliphatic rings. The first-order valence-corrected chi connectivity index (χ1v) is 9.37. The van der Waals surface area contributed by atoms with Crippen LogP contribution in [0.4, 0.5) is 0 Å². The van der Waals surface area contributed by atoms with Crippen molar-refractivity contribution in [2.75, 3.05) is 13.1 Å². The summed E-state index contributed by atoms with van der Waals surface area (Å²) in [6.07, 6.45) is 2.08. The van der Waals surface area contributed by atoms with Gasteiger partial charge in [-0.25, -0.2) is 0 Å². The number of aryl methyl sites for hydroxylation is 2. The molecule has 0 unspecified atom stereocenters. The van der Waals surface area contributed by atoms with E-state index in [1.165, 1.54) is 11.1 Å². The molecule has 1 aromatic carbocycles. The standard InChI is InChI=1S/C20H27N3O3/c1-13-10-23(12-18(24-13)19-22-21-14(2)25-19)11-15-5-6-17-16(9-15)7-8-20(3,4)26-17/h5-6,9,13,18H,7-8,10-12H2,1-4H3/t13-,18-/m1/s1. The number of benzene rings is 1. The van der Waals surface area contributed by atoms with E-state index in [-0.39, 0.29) is 17.8 Å². The summed E-state index contributed by atoms with van der Waals surface area (Å²) in [5, 5.41) is 8.06. The average molecular weight is 357 g/mol. The van der Waals surface area contributed by atoms with Gasteiger partial charge in [0.2, 0.25) is 11.8 Å². The first-order valence-electron chi connectivity index (χ1n) is 9.37. The molecule has 2 aliphatic heterocycles. The van der Waals surface area contributed by atoms with Gasteiger partial charge in [0.25, 0.3) is 0 Å². The van der Waals surface area contributed by atoms with Crippen LogP contribution in [0.2, 0.25) is 0 Å². The minimum atomic E-state index is -0.165. The molecule has 26 heavy (non-hydrogen) atoms. The monoisotopic (exact) mass is 357 g/mol. The van der Waals surface area contributed by atoms with Crippen LogP contribution in [-0.2, 0) is 17.7 Å². The summed E-state index contributed by atoms with van der Waals surface area (Å²) in [4.78, 5) is 2.40. The van der Waals surface area contributed by atoms with Crippen molar-refractivity contribution in [2.45, 2.75) is 64.9 Å². The second-order valence-corrected chi connectivity index (χ2v) is 8.09. The molecule has 140 valence electrons. The normalized spacial score (nSPS) is 25.5. The van der Waals surface area contributed by atoms with Gasteiger partial charge in [0.15, 0.2) is 0 Å². The predicted molar refractivity (Wildman–Crippen MR) is 97.1 cm³/mol.